The van der Waals surface area contributed by atoms with Gasteiger partial charge in [-0.05, 0) is 41.8 Å². The summed E-state index contributed by atoms with van der Waals surface area (Å²) in [5.41, 5.74) is 1.88. The molecule has 1 unspecified atom stereocenters. The molecular weight excluding hydrogens is 326 g/mol. The summed E-state index contributed by atoms with van der Waals surface area (Å²) >= 11 is 0. The van der Waals surface area contributed by atoms with Gasteiger partial charge in [-0.1, -0.05) is 13.0 Å². The maximum atomic E-state index is 13.8. The molecule has 0 bridgehead atoms. The number of amides is 1. The van der Waals surface area contributed by atoms with Crippen molar-refractivity contribution in [3.8, 4) is 0 Å². The lowest BCUT2D eigenvalue weighted by Gasteiger charge is -2.18. The molecule has 1 atom stereocenters. The summed E-state index contributed by atoms with van der Waals surface area (Å²) < 4.78 is 26.7. The number of aliphatic hydroxyl groups excluding tert-OH is 1. The number of carbonyl (C=O) groups is 1. The van der Waals surface area contributed by atoms with Crippen molar-refractivity contribution in [1.82, 2.24) is 0 Å². The molecule has 2 aromatic rings. The van der Waals surface area contributed by atoms with Crippen LogP contribution in [0.25, 0.3) is 0 Å². The Labute approximate surface area is 146 Å². The Morgan fingerprint density at radius 1 is 1.20 bits per heavy atom. The molecule has 2 aromatic carbocycles. The van der Waals surface area contributed by atoms with Gasteiger partial charge in [-0.25, -0.2) is 8.78 Å². The van der Waals surface area contributed by atoms with Gasteiger partial charge in [-0.3, -0.25) is 4.79 Å². The summed E-state index contributed by atoms with van der Waals surface area (Å²) in [6.07, 6.45) is 0.0920. The third-order valence-corrected chi connectivity index (χ3v) is 4.01. The maximum absolute atomic E-state index is 13.8. The number of aliphatic hydroxyl groups is 1. The van der Waals surface area contributed by atoms with Crippen molar-refractivity contribution < 1.29 is 18.7 Å². The van der Waals surface area contributed by atoms with Gasteiger partial charge in [0.1, 0.15) is 11.6 Å². The first kappa shape index (κ1) is 18.9. The molecule has 0 aliphatic heterocycles. The van der Waals surface area contributed by atoms with Crippen LogP contribution < -0.4 is 10.2 Å². The van der Waals surface area contributed by atoms with Crippen molar-refractivity contribution in [2.45, 2.75) is 19.3 Å². The average Bonchev–Trinajstić information content (AvgIpc) is 2.55. The topological polar surface area (TPSA) is 52.6 Å². The standard InChI is InChI=1S/C19H22F2N2O2/c1-13(17-8-3-14(20)12-18(17)21)11-19(25)22-15-4-6-16(7-5-15)23(2)9-10-24/h3-8,12-13,24H,9-11H2,1-2H3,(H,22,25). The lowest BCUT2D eigenvalue weighted by Crippen LogP contribution is -2.21. The van der Waals surface area contributed by atoms with Crippen molar-refractivity contribution in [2.75, 3.05) is 30.4 Å². The van der Waals surface area contributed by atoms with Crippen LogP contribution in [-0.4, -0.2) is 31.2 Å². The van der Waals surface area contributed by atoms with Crippen molar-refractivity contribution in [3.05, 3.63) is 59.7 Å². The van der Waals surface area contributed by atoms with Gasteiger partial charge in [0.15, 0.2) is 0 Å². The minimum atomic E-state index is -0.642. The van der Waals surface area contributed by atoms with Crippen molar-refractivity contribution in [1.29, 1.82) is 0 Å². The molecule has 6 heteroatoms. The lowest BCUT2D eigenvalue weighted by molar-refractivity contribution is -0.116. The second-order valence-corrected chi connectivity index (χ2v) is 6.01. The SMILES string of the molecule is CC(CC(=O)Nc1ccc(N(C)CCO)cc1)c1ccc(F)cc1F. The quantitative estimate of drug-likeness (QED) is 0.805. The molecule has 0 heterocycles. The van der Waals surface area contributed by atoms with Crippen LogP contribution in [0, 0.1) is 11.6 Å². The molecular formula is C19H22F2N2O2. The summed E-state index contributed by atoms with van der Waals surface area (Å²) in [6.45, 7) is 2.31. The number of anilines is 2. The van der Waals surface area contributed by atoms with E-state index in [0.29, 0.717) is 17.8 Å². The summed E-state index contributed by atoms with van der Waals surface area (Å²) in [5.74, 6) is -1.89. The van der Waals surface area contributed by atoms with E-state index in [1.54, 1.807) is 19.1 Å². The highest BCUT2D eigenvalue weighted by atomic mass is 19.1. The molecule has 0 radical (unpaired) electrons. The summed E-state index contributed by atoms with van der Waals surface area (Å²) in [5, 5.41) is 11.7. The Kier molecular flexibility index (Phi) is 6.47. The van der Waals surface area contributed by atoms with Crippen LogP contribution in [0.2, 0.25) is 0 Å². The van der Waals surface area contributed by atoms with Crippen LogP contribution in [0.5, 0.6) is 0 Å². The van der Waals surface area contributed by atoms with E-state index in [2.05, 4.69) is 5.32 Å². The van der Waals surface area contributed by atoms with Crippen LogP contribution in [0.1, 0.15) is 24.8 Å². The zero-order chi connectivity index (χ0) is 18.4. The average molecular weight is 348 g/mol. The molecule has 0 saturated heterocycles. The molecule has 25 heavy (non-hydrogen) atoms. The van der Waals surface area contributed by atoms with E-state index in [0.717, 1.165) is 11.8 Å². The largest absolute Gasteiger partial charge is 0.395 e. The molecule has 0 fully saturated rings. The minimum absolute atomic E-state index is 0.0623. The van der Waals surface area contributed by atoms with Crippen LogP contribution in [0.3, 0.4) is 0 Å². The van der Waals surface area contributed by atoms with Crippen LogP contribution >= 0.6 is 0 Å². The van der Waals surface area contributed by atoms with Gasteiger partial charge in [0.05, 0.1) is 6.61 Å². The van der Waals surface area contributed by atoms with Crippen LogP contribution in [-0.2, 0) is 4.79 Å². The Bertz CT molecular complexity index is 720. The van der Waals surface area contributed by atoms with Gasteiger partial charge in [-0.15, -0.1) is 0 Å². The molecule has 4 nitrogen and oxygen atoms in total. The molecule has 0 aliphatic rings. The van der Waals surface area contributed by atoms with Gasteiger partial charge in [0, 0.05) is 37.5 Å². The number of benzene rings is 2. The third-order valence-electron chi connectivity index (χ3n) is 4.01. The molecule has 2 N–H and O–H groups in total. The second kappa shape index (κ2) is 8.58. The van der Waals surface area contributed by atoms with E-state index in [1.807, 2.05) is 24.1 Å². The molecule has 2 rings (SSSR count). The molecule has 0 aromatic heterocycles. The van der Waals surface area contributed by atoms with Gasteiger partial charge in [-0.2, -0.15) is 0 Å². The molecule has 1 amide bonds. The fraction of sp³-hybridized carbons (Fsp3) is 0.316. The highest BCUT2D eigenvalue weighted by Gasteiger charge is 2.15. The Balaban J connectivity index is 1.95. The number of nitrogens with one attached hydrogen (secondary N) is 1. The zero-order valence-electron chi connectivity index (χ0n) is 14.3. The number of rotatable bonds is 7. The fourth-order valence-electron chi connectivity index (χ4n) is 2.58. The number of likely N-dealkylation sites (N-methyl/N-ethyl adjacent to an activating group) is 1. The Morgan fingerprint density at radius 2 is 1.88 bits per heavy atom. The molecule has 0 aliphatic carbocycles. The van der Waals surface area contributed by atoms with E-state index >= 15 is 0 Å². The third kappa shape index (κ3) is 5.26. The number of hydrogen-bond acceptors (Lipinski definition) is 3. The molecule has 134 valence electrons. The predicted molar refractivity (Wildman–Crippen MR) is 94.8 cm³/mol. The van der Waals surface area contributed by atoms with E-state index in [1.165, 1.54) is 12.1 Å². The Hall–Kier alpha value is -2.47. The highest BCUT2D eigenvalue weighted by Crippen LogP contribution is 2.24. The summed E-state index contributed by atoms with van der Waals surface area (Å²) in [4.78, 5) is 14.0. The maximum Gasteiger partial charge on any atom is 0.224 e. The van der Waals surface area contributed by atoms with E-state index in [4.69, 9.17) is 5.11 Å². The van der Waals surface area contributed by atoms with E-state index < -0.39 is 11.6 Å². The smallest absolute Gasteiger partial charge is 0.224 e. The monoisotopic (exact) mass is 348 g/mol. The van der Waals surface area contributed by atoms with Crippen molar-refractivity contribution in [2.24, 2.45) is 0 Å². The predicted octanol–water partition coefficient (Wildman–Crippen LogP) is 3.53. The van der Waals surface area contributed by atoms with Gasteiger partial charge >= 0.3 is 0 Å². The summed E-state index contributed by atoms with van der Waals surface area (Å²) in [6, 6.07) is 10.6. The van der Waals surface area contributed by atoms with Crippen LogP contribution in [0.4, 0.5) is 20.2 Å². The van der Waals surface area contributed by atoms with Crippen molar-refractivity contribution >= 4 is 17.3 Å². The first-order valence-corrected chi connectivity index (χ1v) is 8.07. The van der Waals surface area contributed by atoms with Gasteiger partial charge < -0.3 is 15.3 Å². The Morgan fingerprint density at radius 3 is 2.48 bits per heavy atom. The normalized spacial score (nSPS) is 11.9. The number of halogens is 2. The lowest BCUT2D eigenvalue weighted by atomic mass is 9.97. The van der Waals surface area contributed by atoms with E-state index in [-0.39, 0.29) is 24.9 Å². The summed E-state index contributed by atoms with van der Waals surface area (Å²) in [7, 11) is 1.86. The van der Waals surface area contributed by atoms with Gasteiger partial charge in [0.2, 0.25) is 5.91 Å². The van der Waals surface area contributed by atoms with Crippen molar-refractivity contribution in [3.63, 3.8) is 0 Å². The second-order valence-electron chi connectivity index (χ2n) is 6.01. The molecule has 0 spiro atoms. The fourth-order valence-corrected chi connectivity index (χ4v) is 2.58. The first-order valence-electron chi connectivity index (χ1n) is 8.07. The molecule has 0 saturated carbocycles. The zero-order valence-corrected chi connectivity index (χ0v) is 14.3. The number of hydrogen-bond donors (Lipinski definition) is 2. The highest BCUT2D eigenvalue weighted by molar-refractivity contribution is 5.91. The minimum Gasteiger partial charge on any atom is -0.395 e. The first-order chi connectivity index (χ1) is 11.9. The number of nitrogens with zero attached hydrogens (tertiary/aromatic N) is 1. The number of carbonyl (C=O) groups excluding carboxylic acids is 1. The van der Waals surface area contributed by atoms with Crippen LogP contribution in [0.15, 0.2) is 42.5 Å². The van der Waals surface area contributed by atoms with Gasteiger partial charge in [0.25, 0.3) is 0 Å². The van der Waals surface area contributed by atoms with E-state index in [9.17, 15) is 13.6 Å².